The van der Waals surface area contributed by atoms with Crippen LogP contribution in [0.15, 0.2) is 42.7 Å². The van der Waals surface area contributed by atoms with Crippen LogP contribution < -0.4 is 5.73 Å². The summed E-state index contributed by atoms with van der Waals surface area (Å²) >= 11 is 0. The first kappa shape index (κ1) is 13.1. The molecule has 1 aromatic heterocycles. The van der Waals surface area contributed by atoms with E-state index in [0.29, 0.717) is 0 Å². The quantitative estimate of drug-likeness (QED) is 0.671. The van der Waals surface area contributed by atoms with Gasteiger partial charge in [-0.2, -0.15) is 13.2 Å². The molecule has 98 valence electrons. The number of alkyl halides is 3. The second kappa shape index (κ2) is 4.72. The summed E-state index contributed by atoms with van der Waals surface area (Å²) in [5, 5.41) is 0. The number of anilines is 1. The largest absolute Gasteiger partial charge is 0.417 e. The van der Waals surface area contributed by atoms with E-state index in [9.17, 15) is 18.0 Å². The standard InChI is InChI=1S/C13H9F3N2O/c14-13(15,16)9-2-1-3-10(17)11(9)12(19)8-4-6-18-7-5-8/h1-7H,17H2. The molecule has 19 heavy (non-hydrogen) atoms. The van der Waals surface area contributed by atoms with E-state index in [0.717, 1.165) is 6.07 Å². The number of aromatic nitrogens is 1. The molecule has 2 aromatic rings. The minimum Gasteiger partial charge on any atom is -0.398 e. The first-order valence-corrected chi connectivity index (χ1v) is 5.31. The molecule has 0 aliphatic rings. The second-order valence-electron chi connectivity index (χ2n) is 3.83. The lowest BCUT2D eigenvalue weighted by Gasteiger charge is -2.13. The van der Waals surface area contributed by atoms with Crippen LogP contribution in [-0.4, -0.2) is 10.8 Å². The van der Waals surface area contributed by atoms with Crippen LogP contribution in [0, 0.1) is 0 Å². The Labute approximate surface area is 106 Å². The fourth-order valence-corrected chi connectivity index (χ4v) is 1.71. The van der Waals surface area contributed by atoms with Gasteiger partial charge in [-0.25, -0.2) is 0 Å². The summed E-state index contributed by atoms with van der Waals surface area (Å²) in [6.45, 7) is 0. The van der Waals surface area contributed by atoms with Crippen LogP contribution in [0.5, 0.6) is 0 Å². The van der Waals surface area contributed by atoms with E-state index < -0.39 is 23.1 Å². The number of nitrogen functional groups attached to an aromatic ring is 1. The van der Waals surface area contributed by atoms with E-state index in [1.54, 1.807) is 0 Å². The van der Waals surface area contributed by atoms with Gasteiger partial charge in [-0.15, -0.1) is 0 Å². The third-order valence-electron chi connectivity index (χ3n) is 2.57. The number of carbonyl (C=O) groups is 1. The topological polar surface area (TPSA) is 56.0 Å². The van der Waals surface area contributed by atoms with Crippen molar-refractivity contribution in [3.63, 3.8) is 0 Å². The summed E-state index contributed by atoms with van der Waals surface area (Å²) in [5.41, 5.74) is 3.87. The van der Waals surface area contributed by atoms with Crippen LogP contribution in [0.4, 0.5) is 18.9 Å². The van der Waals surface area contributed by atoms with Crippen molar-refractivity contribution in [2.75, 3.05) is 5.73 Å². The molecular formula is C13H9F3N2O. The minimum atomic E-state index is -4.63. The third kappa shape index (κ3) is 2.57. The van der Waals surface area contributed by atoms with Crippen LogP contribution in [0.2, 0.25) is 0 Å². The Hall–Kier alpha value is -2.37. The van der Waals surface area contributed by atoms with E-state index in [-0.39, 0.29) is 11.3 Å². The molecule has 0 aliphatic carbocycles. The maximum absolute atomic E-state index is 12.9. The molecule has 3 nitrogen and oxygen atoms in total. The van der Waals surface area contributed by atoms with Crippen molar-refractivity contribution in [2.45, 2.75) is 6.18 Å². The number of halogens is 3. The molecule has 2 N–H and O–H groups in total. The Balaban J connectivity index is 2.60. The molecule has 0 atom stereocenters. The first-order chi connectivity index (χ1) is 8.91. The summed E-state index contributed by atoms with van der Waals surface area (Å²) in [4.78, 5) is 15.8. The number of pyridine rings is 1. The van der Waals surface area contributed by atoms with Gasteiger partial charge in [0.05, 0.1) is 11.1 Å². The van der Waals surface area contributed by atoms with Gasteiger partial charge in [-0.05, 0) is 24.3 Å². The van der Waals surface area contributed by atoms with Gasteiger partial charge in [0.15, 0.2) is 5.78 Å². The fourth-order valence-electron chi connectivity index (χ4n) is 1.71. The molecule has 0 aliphatic heterocycles. The highest BCUT2D eigenvalue weighted by Crippen LogP contribution is 2.35. The second-order valence-corrected chi connectivity index (χ2v) is 3.83. The molecule has 0 amide bonds. The molecule has 2 rings (SSSR count). The van der Waals surface area contributed by atoms with Gasteiger partial charge >= 0.3 is 6.18 Å². The van der Waals surface area contributed by atoms with Gasteiger partial charge in [-0.3, -0.25) is 9.78 Å². The summed E-state index contributed by atoms with van der Waals surface area (Å²) < 4.78 is 38.7. The lowest BCUT2D eigenvalue weighted by atomic mass is 9.97. The van der Waals surface area contributed by atoms with Crippen molar-refractivity contribution in [1.29, 1.82) is 0 Å². The van der Waals surface area contributed by atoms with Gasteiger partial charge < -0.3 is 5.73 Å². The number of nitrogens with zero attached hydrogens (tertiary/aromatic N) is 1. The zero-order valence-corrected chi connectivity index (χ0v) is 9.61. The number of benzene rings is 1. The molecule has 0 spiro atoms. The van der Waals surface area contributed by atoms with E-state index in [4.69, 9.17) is 5.73 Å². The highest BCUT2D eigenvalue weighted by molar-refractivity contribution is 6.13. The monoisotopic (exact) mass is 266 g/mol. The van der Waals surface area contributed by atoms with E-state index in [1.165, 1.54) is 36.7 Å². The van der Waals surface area contributed by atoms with Crippen LogP contribution >= 0.6 is 0 Å². The Morgan fingerprint density at radius 1 is 1.11 bits per heavy atom. The Bertz CT molecular complexity index is 609. The molecule has 0 fully saturated rings. The number of hydrogen-bond acceptors (Lipinski definition) is 3. The van der Waals surface area contributed by atoms with Crippen molar-refractivity contribution in [2.24, 2.45) is 0 Å². The van der Waals surface area contributed by atoms with E-state index in [2.05, 4.69) is 4.98 Å². The van der Waals surface area contributed by atoms with Crippen molar-refractivity contribution >= 4 is 11.5 Å². The number of hydrogen-bond donors (Lipinski definition) is 1. The first-order valence-electron chi connectivity index (χ1n) is 5.31. The maximum atomic E-state index is 12.9. The average Bonchev–Trinajstić information content (AvgIpc) is 2.37. The number of nitrogens with two attached hydrogens (primary N) is 1. The highest BCUT2D eigenvalue weighted by Gasteiger charge is 2.36. The van der Waals surface area contributed by atoms with Gasteiger partial charge in [0, 0.05) is 23.6 Å². The van der Waals surface area contributed by atoms with Crippen molar-refractivity contribution in [1.82, 2.24) is 4.98 Å². The molecule has 0 saturated heterocycles. The zero-order valence-electron chi connectivity index (χ0n) is 9.61. The van der Waals surface area contributed by atoms with Crippen LogP contribution in [-0.2, 0) is 6.18 Å². The number of carbonyl (C=O) groups excluding carboxylic acids is 1. The average molecular weight is 266 g/mol. The molecule has 1 heterocycles. The van der Waals surface area contributed by atoms with Crippen molar-refractivity contribution < 1.29 is 18.0 Å². The fraction of sp³-hybridized carbons (Fsp3) is 0.0769. The van der Waals surface area contributed by atoms with Crippen LogP contribution in [0.1, 0.15) is 21.5 Å². The lowest BCUT2D eigenvalue weighted by Crippen LogP contribution is -2.16. The van der Waals surface area contributed by atoms with Gasteiger partial charge in [0.25, 0.3) is 0 Å². The SMILES string of the molecule is Nc1cccc(C(F)(F)F)c1C(=O)c1ccncc1. The van der Waals surface area contributed by atoms with Gasteiger partial charge in [-0.1, -0.05) is 6.07 Å². The Morgan fingerprint density at radius 3 is 2.32 bits per heavy atom. The molecule has 1 aromatic carbocycles. The molecule has 0 bridgehead atoms. The third-order valence-corrected chi connectivity index (χ3v) is 2.57. The maximum Gasteiger partial charge on any atom is 0.417 e. The van der Waals surface area contributed by atoms with Crippen LogP contribution in [0.25, 0.3) is 0 Å². The predicted molar refractivity (Wildman–Crippen MR) is 63.5 cm³/mol. The zero-order chi connectivity index (χ0) is 14.0. The molecule has 0 radical (unpaired) electrons. The van der Waals surface area contributed by atoms with E-state index in [1.807, 2.05) is 0 Å². The lowest BCUT2D eigenvalue weighted by molar-refractivity contribution is -0.137. The number of ketones is 1. The summed E-state index contributed by atoms with van der Waals surface area (Å²) in [6.07, 6.45) is -1.97. The van der Waals surface area contributed by atoms with E-state index >= 15 is 0 Å². The highest BCUT2D eigenvalue weighted by atomic mass is 19.4. The Kier molecular flexibility index (Phi) is 3.25. The van der Waals surface area contributed by atoms with Crippen molar-refractivity contribution in [3.8, 4) is 0 Å². The van der Waals surface area contributed by atoms with Gasteiger partial charge in [0.2, 0.25) is 0 Å². The molecule has 0 saturated carbocycles. The predicted octanol–water partition coefficient (Wildman–Crippen LogP) is 2.91. The molecule has 6 heteroatoms. The van der Waals surface area contributed by atoms with Crippen molar-refractivity contribution in [3.05, 3.63) is 59.4 Å². The molecular weight excluding hydrogens is 257 g/mol. The summed E-state index contributed by atoms with van der Waals surface area (Å²) in [7, 11) is 0. The number of rotatable bonds is 2. The molecule has 0 unspecified atom stereocenters. The van der Waals surface area contributed by atoms with Gasteiger partial charge in [0.1, 0.15) is 0 Å². The van der Waals surface area contributed by atoms with Crippen LogP contribution in [0.3, 0.4) is 0 Å². The Morgan fingerprint density at radius 2 is 1.74 bits per heavy atom. The normalized spacial score (nSPS) is 11.3. The smallest absolute Gasteiger partial charge is 0.398 e. The minimum absolute atomic E-state index is 0.110. The summed E-state index contributed by atoms with van der Waals surface area (Å²) in [5.74, 6) is -0.771. The summed E-state index contributed by atoms with van der Waals surface area (Å²) in [6, 6.07) is 5.96.